The van der Waals surface area contributed by atoms with Crippen LogP contribution in [0, 0.1) is 11.8 Å². The Morgan fingerprint density at radius 1 is 0.438 bits per heavy atom. The molecule has 2 aliphatic rings. The van der Waals surface area contributed by atoms with Crippen LogP contribution in [0.25, 0.3) is 22.3 Å². The average molecular weight is 655 g/mol. The molecule has 2 unspecified atom stereocenters. The van der Waals surface area contributed by atoms with Crippen LogP contribution in [0.15, 0.2) is 72.8 Å². The van der Waals surface area contributed by atoms with Crippen molar-refractivity contribution in [2.75, 3.05) is 13.2 Å². The molecule has 5 rings (SSSR count). The van der Waals surface area contributed by atoms with E-state index < -0.39 is 0 Å². The molecule has 0 N–H and O–H groups in total. The Morgan fingerprint density at radius 2 is 0.750 bits per heavy atom. The average Bonchev–Trinajstić information content (AvgIpc) is 3.12. The molecular formula is C44H62O4. The zero-order valence-electron chi connectivity index (χ0n) is 30.3. The first kappa shape index (κ1) is 36.8. The van der Waals surface area contributed by atoms with Crippen LogP contribution in [-0.2, 0) is 18.9 Å². The van der Waals surface area contributed by atoms with Gasteiger partial charge >= 0.3 is 0 Å². The highest BCUT2D eigenvalue weighted by atomic mass is 16.7. The number of hydrogen-bond donors (Lipinski definition) is 0. The Labute approximate surface area is 291 Å². The third-order valence-corrected chi connectivity index (χ3v) is 10.7. The molecule has 0 amide bonds. The molecule has 2 saturated heterocycles. The first-order valence-electron chi connectivity index (χ1n) is 19.4. The molecule has 0 spiro atoms. The van der Waals surface area contributed by atoms with Crippen LogP contribution in [0.2, 0.25) is 0 Å². The molecule has 0 bridgehead atoms. The normalized spacial score (nSPS) is 24.5. The molecule has 48 heavy (non-hydrogen) atoms. The van der Waals surface area contributed by atoms with Gasteiger partial charge < -0.3 is 18.9 Å². The second-order valence-corrected chi connectivity index (χ2v) is 14.5. The van der Waals surface area contributed by atoms with E-state index in [4.69, 9.17) is 18.9 Å². The highest BCUT2D eigenvalue weighted by molar-refractivity contribution is 5.70. The molecule has 0 saturated carbocycles. The highest BCUT2D eigenvalue weighted by Crippen LogP contribution is 2.35. The van der Waals surface area contributed by atoms with Gasteiger partial charge in [0.15, 0.2) is 12.6 Å². The van der Waals surface area contributed by atoms with Crippen molar-refractivity contribution >= 4 is 0 Å². The molecule has 3 aromatic rings. The van der Waals surface area contributed by atoms with Crippen molar-refractivity contribution in [3.8, 4) is 22.3 Å². The van der Waals surface area contributed by atoms with E-state index in [1.165, 1.54) is 112 Å². The van der Waals surface area contributed by atoms with Crippen LogP contribution in [0.1, 0.15) is 141 Å². The van der Waals surface area contributed by atoms with Crippen molar-refractivity contribution in [3.05, 3.63) is 83.9 Å². The summed E-state index contributed by atoms with van der Waals surface area (Å²) < 4.78 is 25.1. The molecule has 4 nitrogen and oxygen atoms in total. The summed E-state index contributed by atoms with van der Waals surface area (Å²) in [6.07, 6.45) is 18.2. The van der Waals surface area contributed by atoms with Gasteiger partial charge in [0.1, 0.15) is 0 Å². The quantitative estimate of drug-likeness (QED) is 0.128. The summed E-state index contributed by atoms with van der Waals surface area (Å²) in [4.78, 5) is 0. The number of unbranched alkanes of at least 4 members (excludes halogenated alkanes) is 10. The predicted molar refractivity (Wildman–Crippen MR) is 199 cm³/mol. The summed E-state index contributed by atoms with van der Waals surface area (Å²) in [6.45, 7) is 10.5. The molecule has 3 aromatic carbocycles. The van der Waals surface area contributed by atoms with E-state index in [1.54, 1.807) is 0 Å². The lowest BCUT2D eigenvalue weighted by molar-refractivity contribution is -0.237. The van der Waals surface area contributed by atoms with E-state index in [0.29, 0.717) is 11.8 Å². The van der Waals surface area contributed by atoms with Crippen molar-refractivity contribution in [3.63, 3.8) is 0 Å². The van der Waals surface area contributed by atoms with E-state index in [0.717, 1.165) is 24.3 Å². The minimum absolute atomic E-state index is 0.221. The van der Waals surface area contributed by atoms with Gasteiger partial charge in [-0.15, -0.1) is 0 Å². The maximum Gasteiger partial charge on any atom is 0.184 e. The lowest BCUT2D eigenvalue weighted by atomic mass is 9.95. The fraction of sp³-hybridized carbons (Fsp3) is 0.591. The Bertz CT molecular complexity index is 1200. The maximum atomic E-state index is 6.34. The number of benzene rings is 3. The fourth-order valence-electron chi connectivity index (χ4n) is 7.26. The Hall–Kier alpha value is -2.50. The molecule has 0 aliphatic carbocycles. The van der Waals surface area contributed by atoms with Crippen molar-refractivity contribution in [1.29, 1.82) is 0 Å². The van der Waals surface area contributed by atoms with Crippen LogP contribution in [-0.4, -0.2) is 25.4 Å². The molecule has 262 valence electrons. The molecule has 6 atom stereocenters. The van der Waals surface area contributed by atoms with Crippen molar-refractivity contribution in [2.24, 2.45) is 11.8 Å². The standard InChI is InChI=1S/C44H62O4/c1-5-7-9-11-13-15-17-41-31-45-43(47-33(41)3)39-27-23-37(24-28-39)35-19-21-36(22-20-35)38-25-29-40(30-26-38)44-46-32-42(34(4)48-44)18-16-14-12-10-8-6-2/h19-30,33-34,41-44H,5-18,31-32H2,1-4H3/t33-,34-,41+,42+,43?,44?/m0/s1. The van der Waals surface area contributed by atoms with Crippen LogP contribution >= 0.6 is 0 Å². The first-order valence-corrected chi connectivity index (χ1v) is 19.4. The molecule has 4 heteroatoms. The fourth-order valence-corrected chi connectivity index (χ4v) is 7.26. The summed E-state index contributed by atoms with van der Waals surface area (Å²) >= 11 is 0. The molecule has 2 aliphatic heterocycles. The summed E-state index contributed by atoms with van der Waals surface area (Å²) in [5.74, 6) is 0.984. The van der Waals surface area contributed by atoms with Crippen LogP contribution in [0.5, 0.6) is 0 Å². The molecule has 0 radical (unpaired) electrons. The molecular weight excluding hydrogens is 592 g/mol. The smallest absolute Gasteiger partial charge is 0.184 e. The van der Waals surface area contributed by atoms with Gasteiger partial charge in [0.05, 0.1) is 25.4 Å². The lowest BCUT2D eigenvalue weighted by Gasteiger charge is -2.35. The predicted octanol–water partition coefficient (Wildman–Crippen LogP) is 12.6. The van der Waals surface area contributed by atoms with Crippen molar-refractivity contribution in [2.45, 2.75) is 142 Å². The largest absolute Gasteiger partial charge is 0.348 e. The maximum absolute atomic E-state index is 6.34. The Kier molecular flexibility index (Phi) is 15.0. The van der Waals surface area contributed by atoms with E-state index in [2.05, 4.69) is 100 Å². The van der Waals surface area contributed by atoms with Gasteiger partial charge in [-0.05, 0) is 48.9 Å². The summed E-state index contributed by atoms with van der Waals surface area (Å²) in [6, 6.07) is 26.2. The summed E-state index contributed by atoms with van der Waals surface area (Å²) in [5, 5.41) is 0. The van der Waals surface area contributed by atoms with Crippen LogP contribution in [0.4, 0.5) is 0 Å². The second kappa shape index (κ2) is 19.6. The first-order chi connectivity index (χ1) is 23.6. The van der Waals surface area contributed by atoms with E-state index in [9.17, 15) is 0 Å². The second-order valence-electron chi connectivity index (χ2n) is 14.5. The highest BCUT2D eigenvalue weighted by Gasteiger charge is 2.30. The number of rotatable bonds is 18. The zero-order chi connectivity index (χ0) is 33.6. The monoisotopic (exact) mass is 654 g/mol. The minimum Gasteiger partial charge on any atom is -0.348 e. The SMILES string of the molecule is CCCCCCCC[C@@H]1COC(c2ccc(-c3ccc(-c4ccc(C5OC[C@@H](CCCCCCCC)[C@H](C)O5)cc4)cc3)cc2)O[C@H]1C. The third-order valence-electron chi connectivity index (χ3n) is 10.7. The molecule has 2 heterocycles. The Morgan fingerprint density at radius 3 is 1.08 bits per heavy atom. The van der Waals surface area contributed by atoms with Crippen LogP contribution < -0.4 is 0 Å². The zero-order valence-corrected chi connectivity index (χ0v) is 30.3. The topological polar surface area (TPSA) is 36.9 Å². The van der Waals surface area contributed by atoms with Gasteiger partial charge in [0.2, 0.25) is 0 Å². The van der Waals surface area contributed by atoms with Gasteiger partial charge in [-0.1, -0.05) is 164 Å². The van der Waals surface area contributed by atoms with Gasteiger partial charge in [0, 0.05) is 23.0 Å². The lowest BCUT2D eigenvalue weighted by Crippen LogP contribution is -2.34. The summed E-state index contributed by atoms with van der Waals surface area (Å²) in [5.41, 5.74) is 6.98. The van der Waals surface area contributed by atoms with E-state index >= 15 is 0 Å². The van der Waals surface area contributed by atoms with Gasteiger partial charge in [-0.2, -0.15) is 0 Å². The summed E-state index contributed by atoms with van der Waals surface area (Å²) in [7, 11) is 0. The van der Waals surface area contributed by atoms with Crippen molar-refractivity contribution in [1.82, 2.24) is 0 Å². The van der Waals surface area contributed by atoms with Crippen molar-refractivity contribution < 1.29 is 18.9 Å². The Balaban J connectivity index is 1.07. The molecule has 2 fully saturated rings. The number of ether oxygens (including phenoxy) is 4. The van der Waals surface area contributed by atoms with E-state index in [1.807, 2.05) is 0 Å². The van der Waals surface area contributed by atoms with Gasteiger partial charge in [-0.25, -0.2) is 0 Å². The van der Waals surface area contributed by atoms with Gasteiger partial charge in [0.25, 0.3) is 0 Å². The third kappa shape index (κ3) is 10.7. The van der Waals surface area contributed by atoms with Crippen LogP contribution in [0.3, 0.4) is 0 Å². The van der Waals surface area contributed by atoms with Gasteiger partial charge in [-0.3, -0.25) is 0 Å². The number of hydrogen-bond acceptors (Lipinski definition) is 4. The minimum atomic E-state index is -0.278. The molecule has 0 aromatic heterocycles. The van der Waals surface area contributed by atoms with E-state index in [-0.39, 0.29) is 24.8 Å².